The smallest absolute Gasteiger partial charge is 0.333 e. The summed E-state index contributed by atoms with van der Waals surface area (Å²) in [5.74, 6) is -0.264. The van der Waals surface area contributed by atoms with Crippen LogP contribution in [0.2, 0.25) is 24.7 Å². The minimum Gasteiger partial charge on any atom is -0.462 e. The molecule has 0 aliphatic heterocycles. The van der Waals surface area contributed by atoms with Gasteiger partial charge in [0.15, 0.2) is 0 Å². The lowest BCUT2D eigenvalue weighted by Gasteiger charge is -2.26. The molecule has 3 heteroatoms. The first-order valence-electron chi connectivity index (χ1n) is 6.10. The Kier molecular flexibility index (Phi) is 6.64. The molecule has 0 N–H and O–H groups in total. The van der Waals surface area contributed by atoms with Crippen LogP contribution in [0.15, 0.2) is 12.2 Å². The van der Waals surface area contributed by atoms with Crippen molar-refractivity contribution in [1.82, 2.24) is 0 Å². The predicted molar refractivity (Wildman–Crippen MR) is 72.4 cm³/mol. The zero-order valence-electron chi connectivity index (χ0n) is 11.4. The lowest BCUT2D eigenvalue weighted by molar-refractivity contribution is -0.139. The van der Waals surface area contributed by atoms with Gasteiger partial charge in [-0.05, 0) is 13.3 Å². The van der Waals surface area contributed by atoms with Crippen LogP contribution < -0.4 is 0 Å². The maximum absolute atomic E-state index is 11.1. The van der Waals surface area contributed by atoms with E-state index in [4.69, 9.17) is 4.74 Å². The number of carbonyl (C=O) groups is 1. The molecule has 0 heterocycles. The van der Waals surface area contributed by atoms with Crippen molar-refractivity contribution in [2.45, 2.75) is 58.3 Å². The Morgan fingerprint density at radius 3 is 2.31 bits per heavy atom. The van der Waals surface area contributed by atoms with Crippen molar-refractivity contribution in [2.75, 3.05) is 6.61 Å². The average molecular weight is 242 g/mol. The number of hydrogen-bond acceptors (Lipinski definition) is 2. The van der Waals surface area contributed by atoms with Crippen LogP contribution in [0.1, 0.15) is 33.6 Å². The molecule has 0 fully saturated rings. The average Bonchev–Trinajstić information content (AvgIpc) is 2.16. The zero-order valence-corrected chi connectivity index (χ0v) is 12.4. The highest BCUT2D eigenvalue weighted by Crippen LogP contribution is 2.26. The summed E-state index contributed by atoms with van der Waals surface area (Å²) in [5, 5.41) is 0. The second-order valence-electron chi connectivity index (χ2n) is 5.52. The van der Waals surface area contributed by atoms with E-state index in [0.717, 1.165) is 12.0 Å². The van der Waals surface area contributed by atoms with E-state index >= 15 is 0 Å². The van der Waals surface area contributed by atoms with Crippen molar-refractivity contribution in [3.05, 3.63) is 12.2 Å². The van der Waals surface area contributed by atoms with E-state index in [2.05, 4.69) is 33.5 Å². The molecule has 0 aromatic heterocycles. The van der Waals surface area contributed by atoms with Gasteiger partial charge in [0.1, 0.15) is 0 Å². The van der Waals surface area contributed by atoms with Crippen LogP contribution in [0.25, 0.3) is 0 Å². The van der Waals surface area contributed by atoms with Crippen LogP contribution in [0, 0.1) is 0 Å². The summed E-state index contributed by atoms with van der Waals surface area (Å²) in [4.78, 5) is 11.1. The van der Waals surface area contributed by atoms with E-state index < -0.39 is 8.07 Å². The van der Waals surface area contributed by atoms with Gasteiger partial charge in [0, 0.05) is 13.6 Å². The zero-order chi connectivity index (χ0) is 12.8. The summed E-state index contributed by atoms with van der Waals surface area (Å²) in [6, 6.07) is 1.31. The van der Waals surface area contributed by atoms with Crippen LogP contribution in [0.5, 0.6) is 0 Å². The number of carbonyl (C=O) groups excluding carboxylic acids is 1. The molecule has 0 radical (unpaired) electrons. The molecule has 0 aliphatic rings. The van der Waals surface area contributed by atoms with Gasteiger partial charge in [-0.2, -0.15) is 0 Å². The van der Waals surface area contributed by atoms with Gasteiger partial charge in [0.05, 0.1) is 6.61 Å². The fourth-order valence-electron chi connectivity index (χ4n) is 1.26. The van der Waals surface area contributed by atoms with Gasteiger partial charge in [0.25, 0.3) is 0 Å². The van der Waals surface area contributed by atoms with E-state index in [0.29, 0.717) is 12.2 Å². The molecule has 0 saturated heterocycles. The van der Waals surface area contributed by atoms with Gasteiger partial charge in [-0.1, -0.05) is 51.5 Å². The van der Waals surface area contributed by atoms with Crippen molar-refractivity contribution in [3.8, 4) is 0 Å². The summed E-state index contributed by atoms with van der Waals surface area (Å²) in [6.45, 7) is 15.2. The van der Waals surface area contributed by atoms with Crippen LogP contribution in [0.4, 0.5) is 0 Å². The fraction of sp³-hybridized carbons (Fsp3) is 0.769. The first kappa shape index (κ1) is 15.4. The van der Waals surface area contributed by atoms with Gasteiger partial charge < -0.3 is 4.74 Å². The van der Waals surface area contributed by atoms with E-state index in [1.54, 1.807) is 6.92 Å². The molecule has 0 saturated carbocycles. The van der Waals surface area contributed by atoms with Gasteiger partial charge in [-0.15, -0.1) is 0 Å². The largest absolute Gasteiger partial charge is 0.462 e. The SMILES string of the molecule is C=C(C)C(=O)OCCCC[Si](C)(C)C(C)C. The second kappa shape index (κ2) is 6.89. The molecule has 0 rings (SSSR count). The molecule has 0 aliphatic carbocycles. The molecule has 2 nitrogen and oxygen atoms in total. The van der Waals surface area contributed by atoms with E-state index in [1.165, 1.54) is 12.5 Å². The molecule has 0 atom stereocenters. The fourth-order valence-corrected chi connectivity index (χ4v) is 3.00. The minimum atomic E-state index is -1.04. The molecular formula is C13H26O2Si. The van der Waals surface area contributed by atoms with Crippen LogP contribution in [-0.2, 0) is 9.53 Å². The Bertz CT molecular complexity index is 244. The molecule has 0 bridgehead atoms. The number of esters is 1. The van der Waals surface area contributed by atoms with E-state index in [1.807, 2.05) is 0 Å². The molecule has 0 aromatic carbocycles. The Morgan fingerprint density at radius 2 is 1.88 bits per heavy atom. The maximum Gasteiger partial charge on any atom is 0.333 e. The maximum atomic E-state index is 11.1. The summed E-state index contributed by atoms with van der Waals surface area (Å²) >= 11 is 0. The van der Waals surface area contributed by atoms with Crippen molar-refractivity contribution < 1.29 is 9.53 Å². The van der Waals surface area contributed by atoms with Gasteiger partial charge >= 0.3 is 5.97 Å². The monoisotopic (exact) mass is 242 g/mol. The molecule has 0 aromatic rings. The topological polar surface area (TPSA) is 26.3 Å². The highest BCUT2D eigenvalue weighted by atomic mass is 28.3. The van der Waals surface area contributed by atoms with Crippen molar-refractivity contribution in [2.24, 2.45) is 0 Å². The van der Waals surface area contributed by atoms with Crippen LogP contribution in [0.3, 0.4) is 0 Å². The minimum absolute atomic E-state index is 0.264. The molecule has 0 unspecified atom stereocenters. The van der Waals surface area contributed by atoms with Crippen molar-refractivity contribution in [1.29, 1.82) is 0 Å². The number of hydrogen-bond donors (Lipinski definition) is 0. The lowest BCUT2D eigenvalue weighted by Crippen LogP contribution is -2.29. The molecule has 16 heavy (non-hydrogen) atoms. The van der Waals surface area contributed by atoms with Crippen LogP contribution >= 0.6 is 0 Å². The summed E-state index contributed by atoms with van der Waals surface area (Å²) < 4.78 is 5.06. The molecular weight excluding hydrogens is 216 g/mol. The number of ether oxygens (including phenoxy) is 1. The number of unbranched alkanes of at least 4 members (excludes halogenated alkanes) is 1. The highest BCUT2D eigenvalue weighted by molar-refractivity contribution is 6.78. The van der Waals surface area contributed by atoms with E-state index in [-0.39, 0.29) is 5.97 Å². The van der Waals surface area contributed by atoms with E-state index in [9.17, 15) is 4.79 Å². The first-order valence-corrected chi connectivity index (χ1v) is 9.38. The van der Waals surface area contributed by atoms with Crippen LogP contribution in [-0.4, -0.2) is 20.7 Å². The summed E-state index contributed by atoms with van der Waals surface area (Å²) in [5.41, 5.74) is 1.31. The third kappa shape index (κ3) is 6.11. The quantitative estimate of drug-likeness (QED) is 0.292. The third-order valence-electron chi connectivity index (χ3n) is 3.36. The summed E-state index contributed by atoms with van der Waals surface area (Å²) in [6.07, 6.45) is 2.14. The third-order valence-corrected chi connectivity index (χ3v) is 8.13. The normalized spacial score (nSPS) is 11.6. The molecule has 0 amide bonds. The second-order valence-corrected chi connectivity index (χ2v) is 11.1. The Hall–Kier alpha value is -0.573. The first-order chi connectivity index (χ1) is 7.27. The Labute approximate surface area is 101 Å². The van der Waals surface area contributed by atoms with Crippen molar-refractivity contribution >= 4 is 14.0 Å². The van der Waals surface area contributed by atoms with Crippen molar-refractivity contribution in [3.63, 3.8) is 0 Å². The van der Waals surface area contributed by atoms with Gasteiger partial charge in [-0.3, -0.25) is 0 Å². The molecule has 94 valence electrons. The predicted octanol–water partition coefficient (Wildman–Crippen LogP) is 4.00. The highest BCUT2D eigenvalue weighted by Gasteiger charge is 2.23. The standard InChI is InChI=1S/C13H26O2Si/c1-11(2)13(14)15-9-7-8-10-16(5,6)12(3)4/h12H,1,7-10H2,2-6H3. The van der Waals surface area contributed by atoms with Gasteiger partial charge in [0.2, 0.25) is 0 Å². The Morgan fingerprint density at radius 1 is 1.31 bits per heavy atom. The number of rotatable bonds is 7. The lowest BCUT2D eigenvalue weighted by atomic mass is 10.3. The van der Waals surface area contributed by atoms with Gasteiger partial charge in [-0.25, -0.2) is 4.79 Å². The molecule has 0 spiro atoms. The Balaban J connectivity index is 3.62. The summed E-state index contributed by atoms with van der Waals surface area (Å²) in [7, 11) is -1.04.